The normalized spacial score (nSPS) is 19.4. The Morgan fingerprint density at radius 2 is 2.26 bits per heavy atom. The molecule has 1 aromatic rings. The second-order valence-corrected chi connectivity index (χ2v) is 5.67. The number of hydrogen-bond donors (Lipinski definition) is 1. The van der Waals surface area contributed by atoms with Crippen molar-refractivity contribution < 1.29 is 0 Å². The topological polar surface area (TPSA) is 41.0 Å². The second-order valence-electron chi connectivity index (χ2n) is 5.67. The van der Waals surface area contributed by atoms with Crippen molar-refractivity contribution in [3.63, 3.8) is 0 Å². The zero-order valence-electron chi connectivity index (χ0n) is 12.4. The quantitative estimate of drug-likeness (QED) is 0.854. The fourth-order valence-electron chi connectivity index (χ4n) is 2.66. The van der Waals surface area contributed by atoms with Crippen LogP contribution >= 0.6 is 0 Å². The van der Waals surface area contributed by atoms with Crippen molar-refractivity contribution in [2.45, 2.75) is 58.5 Å². The van der Waals surface area contributed by atoms with Crippen LogP contribution < -0.4 is 10.2 Å². The van der Waals surface area contributed by atoms with E-state index in [1.807, 2.05) is 0 Å². The molecule has 1 N–H and O–H groups in total. The van der Waals surface area contributed by atoms with E-state index in [2.05, 4.69) is 47.0 Å². The summed E-state index contributed by atoms with van der Waals surface area (Å²) in [6, 6.07) is 3.28. The Bertz CT molecular complexity index is 391. The van der Waals surface area contributed by atoms with Crippen LogP contribution in [0, 0.1) is 0 Å². The molecular formula is C15H26N4. The van der Waals surface area contributed by atoms with Crippen molar-refractivity contribution >= 4 is 5.82 Å². The molecule has 1 fully saturated rings. The number of anilines is 1. The molecule has 0 amide bonds. The molecule has 4 heteroatoms. The Kier molecular flexibility index (Phi) is 5.14. The van der Waals surface area contributed by atoms with Crippen molar-refractivity contribution in [2.24, 2.45) is 0 Å². The lowest BCUT2D eigenvalue weighted by molar-refractivity contribution is 0.522. The molecule has 4 nitrogen and oxygen atoms in total. The molecule has 2 heterocycles. The molecule has 0 saturated carbocycles. The lowest BCUT2D eigenvalue weighted by Gasteiger charge is -2.27. The number of rotatable bonds is 6. The molecule has 2 rings (SSSR count). The summed E-state index contributed by atoms with van der Waals surface area (Å²) in [5.41, 5.74) is 1.16. The van der Waals surface area contributed by atoms with E-state index in [9.17, 15) is 0 Å². The molecule has 1 saturated heterocycles. The van der Waals surface area contributed by atoms with Gasteiger partial charge in [0.2, 0.25) is 0 Å². The number of nitrogens with zero attached hydrogens (tertiary/aromatic N) is 3. The van der Waals surface area contributed by atoms with Gasteiger partial charge in [-0.1, -0.05) is 27.2 Å². The summed E-state index contributed by atoms with van der Waals surface area (Å²) in [6.07, 6.45) is 6.41. The maximum absolute atomic E-state index is 4.47. The summed E-state index contributed by atoms with van der Waals surface area (Å²) in [5, 5.41) is 3.54. The van der Waals surface area contributed by atoms with E-state index in [4.69, 9.17) is 0 Å². The fourth-order valence-corrected chi connectivity index (χ4v) is 2.66. The minimum absolute atomic E-state index is 0.545. The smallest absolute Gasteiger partial charge is 0.132 e. The first-order valence-electron chi connectivity index (χ1n) is 7.51. The van der Waals surface area contributed by atoms with Crippen LogP contribution in [0.4, 0.5) is 5.82 Å². The van der Waals surface area contributed by atoms with Crippen LogP contribution in [0.1, 0.15) is 45.7 Å². The maximum Gasteiger partial charge on any atom is 0.132 e. The number of hydrogen-bond acceptors (Lipinski definition) is 4. The Morgan fingerprint density at radius 3 is 3.00 bits per heavy atom. The average molecular weight is 262 g/mol. The summed E-state index contributed by atoms with van der Waals surface area (Å²) >= 11 is 0. The van der Waals surface area contributed by atoms with Crippen molar-refractivity contribution in [2.75, 3.05) is 18.0 Å². The molecule has 1 atom stereocenters. The zero-order chi connectivity index (χ0) is 13.7. The Morgan fingerprint density at radius 1 is 1.42 bits per heavy atom. The van der Waals surface area contributed by atoms with Crippen LogP contribution in [0.5, 0.6) is 0 Å². The van der Waals surface area contributed by atoms with Crippen molar-refractivity contribution in [3.8, 4) is 0 Å². The zero-order valence-corrected chi connectivity index (χ0v) is 12.4. The Balaban J connectivity index is 2.04. The van der Waals surface area contributed by atoms with E-state index in [1.54, 1.807) is 6.33 Å². The van der Waals surface area contributed by atoms with Gasteiger partial charge in [-0.3, -0.25) is 0 Å². The lowest BCUT2D eigenvalue weighted by Crippen LogP contribution is -2.40. The standard InChI is InChI=1S/C15H26N4/c1-4-6-13-9-15(18-11-17-13)19-8-5-7-14(19)10-16-12(2)3/h9,11-12,14,16H,4-8,10H2,1-3H3. The van der Waals surface area contributed by atoms with Crippen LogP contribution in [0.3, 0.4) is 0 Å². The minimum Gasteiger partial charge on any atom is -0.352 e. The summed E-state index contributed by atoms with van der Waals surface area (Å²) in [7, 11) is 0. The van der Waals surface area contributed by atoms with E-state index in [-0.39, 0.29) is 0 Å². The number of nitrogens with one attached hydrogen (secondary N) is 1. The highest BCUT2D eigenvalue weighted by atomic mass is 15.2. The molecule has 106 valence electrons. The molecule has 1 aliphatic heterocycles. The Labute approximate surface area is 116 Å². The fraction of sp³-hybridized carbons (Fsp3) is 0.733. The van der Waals surface area contributed by atoms with E-state index < -0.39 is 0 Å². The van der Waals surface area contributed by atoms with Gasteiger partial charge in [0, 0.05) is 36.9 Å². The first-order chi connectivity index (χ1) is 9.20. The molecule has 0 bridgehead atoms. The number of aryl methyl sites for hydroxylation is 1. The summed E-state index contributed by atoms with van der Waals surface area (Å²) in [4.78, 5) is 11.3. The molecular weight excluding hydrogens is 236 g/mol. The van der Waals surface area contributed by atoms with E-state index in [0.29, 0.717) is 12.1 Å². The molecule has 0 aromatic carbocycles. The van der Waals surface area contributed by atoms with Gasteiger partial charge in [-0.25, -0.2) is 9.97 Å². The van der Waals surface area contributed by atoms with Crippen LogP contribution in [-0.4, -0.2) is 35.1 Å². The molecule has 19 heavy (non-hydrogen) atoms. The predicted molar refractivity (Wildman–Crippen MR) is 79.5 cm³/mol. The first-order valence-corrected chi connectivity index (χ1v) is 7.51. The van der Waals surface area contributed by atoms with Gasteiger partial charge in [-0.15, -0.1) is 0 Å². The van der Waals surface area contributed by atoms with Gasteiger partial charge in [-0.2, -0.15) is 0 Å². The van der Waals surface area contributed by atoms with Crippen LogP contribution in [0.25, 0.3) is 0 Å². The van der Waals surface area contributed by atoms with Crippen molar-refractivity contribution in [1.29, 1.82) is 0 Å². The van der Waals surface area contributed by atoms with Gasteiger partial charge in [0.25, 0.3) is 0 Å². The highest BCUT2D eigenvalue weighted by Crippen LogP contribution is 2.23. The largest absolute Gasteiger partial charge is 0.352 e. The molecule has 0 spiro atoms. The van der Waals surface area contributed by atoms with Gasteiger partial charge in [-0.05, 0) is 19.3 Å². The minimum atomic E-state index is 0.545. The lowest BCUT2D eigenvalue weighted by atomic mass is 10.2. The van der Waals surface area contributed by atoms with Crippen LogP contribution in [-0.2, 0) is 6.42 Å². The molecule has 1 aromatic heterocycles. The molecule has 1 unspecified atom stereocenters. The average Bonchev–Trinajstić information content (AvgIpc) is 2.85. The maximum atomic E-state index is 4.47. The van der Waals surface area contributed by atoms with Crippen molar-refractivity contribution in [3.05, 3.63) is 18.1 Å². The second kappa shape index (κ2) is 6.85. The van der Waals surface area contributed by atoms with Crippen LogP contribution in [0.2, 0.25) is 0 Å². The van der Waals surface area contributed by atoms with Crippen LogP contribution in [0.15, 0.2) is 12.4 Å². The molecule has 0 aliphatic carbocycles. The SMILES string of the molecule is CCCc1cc(N2CCCC2CNC(C)C)ncn1. The number of aromatic nitrogens is 2. The van der Waals surface area contributed by atoms with Crippen molar-refractivity contribution in [1.82, 2.24) is 15.3 Å². The summed E-state index contributed by atoms with van der Waals surface area (Å²) in [6.45, 7) is 8.75. The molecule has 1 aliphatic rings. The molecule has 0 radical (unpaired) electrons. The van der Waals surface area contributed by atoms with E-state index in [0.717, 1.165) is 37.4 Å². The van der Waals surface area contributed by atoms with Gasteiger partial charge in [0.1, 0.15) is 12.1 Å². The highest BCUT2D eigenvalue weighted by molar-refractivity contribution is 5.41. The third kappa shape index (κ3) is 3.90. The predicted octanol–water partition coefficient (Wildman–Crippen LogP) is 2.40. The van der Waals surface area contributed by atoms with Gasteiger partial charge in [0.05, 0.1) is 0 Å². The third-order valence-electron chi connectivity index (χ3n) is 3.65. The third-order valence-corrected chi connectivity index (χ3v) is 3.65. The first kappa shape index (κ1) is 14.3. The summed E-state index contributed by atoms with van der Waals surface area (Å²) in [5.74, 6) is 1.10. The van der Waals surface area contributed by atoms with Gasteiger partial charge in [0.15, 0.2) is 0 Å². The monoisotopic (exact) mass is 262 g/mol. The summed E-state index contributed by atoms with van der Waals surface area (Å²) < 4.78 is 0. The van der Waals surface area contributed by atoms with Gasteiger partial charge >= 0.3 is 0 Å². The Hall–Kier alpha value is -1.16. The highest BCUT2D eigenvalue weighted by Gasteiger charge is 2.25. The van der Waals surface area contributed by atoms with Gasteiger partial charge < -0.3 is 10.2 Å². The van der Waals surface area contributed by atoms with E-state index >= 15 is 0 Å². The van der Waals surface area contributed by atoms with E-state index in [1.165, 1.54) is 12.8 Å².